The number of aromatic nitrogens is 1. The van der Waals surface area contributed by atoms with Gasteiger partial charge in [-0.2, -0.15) is 0 Å². The van der Waals surface area contributed by atoms with Gasteiger partial charge >= 0.3 is 0 Å². The fourth-order valence-corrected chi connectivity index (χ4v) is 1.93. The molecule has 0 spiro atoms. The Labute approximate surface area is 129 Å². The lowest BCUT2D eigenvalue weighted by Gasteiger charge is -2.23. The van der Waals surface area contributed by atoms with Crippen molar-refractivity contribution in [1.82, 2.24) is 10.3 Å². The second kappa shape index (κ2) is 6.87. The summed E-state index contributed by atoms with van der Waals surface area (Å²) in [6.07, 6.45) is 5.72. The molecule has 2 aromatic rings. The van der Waals surface area contributed by atoms with Gasteiger partial charge in [-0.3, -0.25) is 9.78 Å². The molecule has 0 fully saturated rings. The predicted octanol–water partition coefficient (Wildman–Crippen LogP) is 1.82. The molecule has 1 unspecified atom stereocenters. The van der Waals surface area contributed by atoms with E-state index in [0.29, 0.717) is 5.56 Å². The number of nitrogens with one attached hydrogen (secondary N) is 1. The molecular formula is C17H18N2O3. The molecule has 0 bridgehead atoms. The number of hydrogen-bond donors (Lipinski definition) is 3. The van der Waals surface area contributed by atoms with Crippen LogP contribution in [0.2, 0.25) is 0 Å². The van der Waals surface area contributed by atoms with Crippen molar-refractivity contribution in [2.45, 2.75) is 12.5 Å². The summed E-state index contributed by atoms with van der Waals surface area (Å²) in [4.78, 5) is 15.6. The highest BCUT2D eigenvalue weighted by Gasteiger charge is 2.22. The van der Waals surface area contributed by atoms with Crippen LogP contribution in [0.15, 0.2) is 54.9 Å². The summed E-state index contributed by atoms with van der Waals surface area (Å²) >= 11 is 0. The highest BCUT2D eigenvalue weighted by Crippen LogP contribution is 2.18. The Morgan fingerprint density at radius 3 is 2.73 bits per heavy atom. The van der Waals surface area contributed by atoms with E-state index in [2.05, 4.69) is 10.3 Å². The number of carbonyl (C=O) groups excluding carboxylic acids is 1. The van der Waals surface area contributed by atoms with Crippen molar-refractivity contribution >= 4 is 12.0 Å². The molecule has 1 aromatic heterocycles. The van der Waals surface area contributed by atoms with Crippen LogP contribution in [-0.4, -0.2) is 27.6 Å². The maximum absolute atomic E-state index is 11.8. The summed E-state index contributed by atoms with van der Waals surface area (Å²) in [7, 11) is 0. The van der Waals surface area contributed by atoms with Crippen LogP contribution in [0.25, 0.3) is 6.08 Å². The van der Waals surface area contributed by atoms with E-state index in [9.17, 15) is 15.0 Å². The van der Waals surface area contributed by atoms with Crippen LogP contribution >= 0.6 is 0 Å². The molecule has 0 aliphatic carbocycles. The average Bonchev–Trinajstić information content (AvgIpc) is 2.52. The minimum atomic E-state index is -1.14. The molecule has 5 nitrogen and oxygen atoms in total. The lowest BCUT2D eigenvalue weighted by atomic mass is 9.96. The van der Waals surface area contributed by atoms with Gasteiger partial charge in [0.05, 0.1) is 12.7 Å². The van der Waals surface area contributed by atoms with Crippen LogP contribution in [0, 0.1) is 0 Å². The number of hydrogen-bond acceptors (Lipinski definition) is 4. The topological polar surface area (TPSA) is 82.5 Å². The summed E-state index contributed by atoms with van der Waals surface area (Å²) in [5, 5.41) is 22.3. The summed E-state index contributed by atoms with van der Waals surface area (Å²) < 4.78 is 0. The summed E-state index contributed by atoms with van der Waals surface area (Å²) in [5.41, 5.74) is 0.207. The third-order valence-corrected chi connectivity index (χ3v) is 3.17. The molecule has 2 rings (SSSR count). The summed E-state index contributed by atoms with van der Waals surface area (Å²) in [6.45, 7) is 1.74. The maximum atomic E-state index is 11.8. The Hall–Kier alpha value is -2.66. The number of amides is 1. The van der Waals surface area contributed by atoms with Crippen molar-refractivity contribution in [3.63, 3.8) is 0 Å². The van der Waals surface area contributed by atoms with E-state index >= 15 is 0 Å². The van der Waals surface area contributed by atoms with E-state index in [-0.39, 0.29) is 18.2 Å². The van der Waals surface area contributed by atoms with Gasteiger partial charge in [-0.05, 0) is 30.2 Å². The first kappa shape index (κ1) is 15.7. The minimum Gasteiger partial charge on any atom is -0.506 e. The first-order valence-electron chi connectivity index (χ1n) is 6.85. The van der Waals surface area contributed by atoms with Gasteiger partial charge in [0, 0.05) is 12.3 Å². The highest BCUT2D eigenvalue weighted by molar-refractivity contribution is 5.91. The zero-order valence-electron chi connectivity index (χ0n) is 12.2. The SMILES string of the molecule is CC(O)(CNC(=O)/C=C/c1cncc(O)c1)c1ccccc1. The van der Waals surface area contributed by atoms with Gasteiger partial charge in [-0.25, -0.2) is 0 Å². The van der Waals surface area contributed by atoms with Gasteiger partial charge in [0.25, 0.3) is 0 Å². The smallest absolute Gasteiger partial charge is 0.244 e. The zero-order valence-corrected chi connectivity index (χ0v) is 12.2. The molecule has 5 heteroatoms. The van der Waals surface area contributed by atoms with Gasteiger partial charge in [-0.15, -0.1) is 0 Å². The monoisotopic (exact) mass is 298 g/mol. The van der Waals surface area contributed by atoms with E-state index in [1.807, 2.05) is 18.2 Å². The van der Waals surface area contributed by atoms with Crippen molar-refractivity contribution in [2.24, 2.45) is 0 Å². The third-order valence-electron chi connectivity index (χ3n) is 3.17. The van der Waals surface area contributed by atoms with Gasteiger partial charge in [0.2, 0.25) is 5.91 Å². The van der Waals surface area contributed by atoms with Crippen LogP contribution in [0.4, 0.5) is 0 Å². The van der Waals surface area contributed by atoms with Gasteiger partial charge in [-0.1, -0.05) is 30.3 Å². The molecular weight excluding hydrogens is 280 g/mol. The molecule has 0 saturated carbocycles. The Kier molecular flexibility index (Phi) is 4.91. The minimum absolute atomic E-state index is 0.0366. The van der Waals surface area contributed by atoms with Crippen LogP contribution in [0.5, 0.6) is 5.75 Å². The number of carbonyl (C=O) groups is 1. The number of nitrogens with zero attached hydrogens (tertiary/aromatic N) is 1. The Balaban J connectivity index is 1.93. The van der Waals surface area contributed by atoms with Crippen LogP contribution in [0.1, 0.15) is 18.1 Å². The fraction of sp³-hybridized carbons (Fsp3) is 0.176. The Morgan fingerprint density at radius 1 is 1.32 bits per heavy atom. The Morgan fingerprint density at radius 2 is 2.05 bits per heavy atom. The second-order valence-electron chi connectivity index (χ2n) is 5.17. The number of aliphatic hydroxyl groups is 1. The van der Waals surface area contributed by atoms with Gasteiger partial charge < -0.3 is 15.5 Å². The quantitative estimate of drug-likeness (QED) is 0.735. The average molecular weight is 298 g/mol. The molecule has 1 atom stereocenters. The summed E-state index contributed by atoms with van der Waals surface area (Å²) in [5.74, 6) is -0.297. The number of benzene rings is 1. The lowest BCUT2D eigenvalue weighted by Crippen LogP contribution is -2.37. The van der Waals surface area contributed by atoms with Gasteiger partial charge in [0.1, 0.15) is 11.4 Å². The van der Waals surface area contributed by atoms with Crippen molar-refractivity contribution in [2.75, 3.05) is 6.54 Å². The fourth-order valence-electron chi connectivity index (χ4n) is 1.93. The molecule has 3 N–H and O–H groups in total. The van der Waals surface area contributed by atoms with Crippen LogP contribution < -0.4 is 5.32 Å². The van der Waals surface area contributed by atoms with E-state index < -0.39 is 5.60 Å². The van der Waals surface area contributed by atoms with Crippen molar-refractivity contribution in [3.8, 4) is 5.75 Å². The number of rotatable bonds is 5. The zero-order chi connectivity index (χ0) is 16.0. The first-order chi connectivity index (χ1) is 10.5. The maximum Gasteiger partial charge on any atom is 0.244 e. The highest BCUT2D eigenvalue weighted by atomic mass is 16.3. The summed E-state index contributed by atoms with van der Waals surface area (Å²) in [6, 6.07) is 10.6. The standard InChI is InChI=1S/C17H18N2O3/c1-17(22,14-5-3-2-4-6-14)12-19-16(21)8-7-13-9-15(20)11-18-10-13/h2-11,20,22H,12H2,1H3,(H,19,21)/b8-7+. The van der Waals surface area contributed by atoms with E-state index in [1.54, 1.807) is 25.1 Å². The largest absolute Gasteiger partial charge is 0.506 e. The van der Waals surface area contributed by atoms with E-state index in [4.69, 9.17) is 0 Å². The third kappa shape index (κ3) is 4.43. The lowest BCUT2D eigenvalue weighted by molar-refractivity contribution is -0.117. The molecule has 0 aliphatic rings. The second-order valence-corrected chi connectivity index (χ2v) is 5.17. The normalized spacial score (nSPS) is 13.7. The predicted molar refractivity (Wildman–Crippen MR) is 84.0 cm³/mol. The molecule has 114 valence electrons. The van der Waals surface area contributed by atoms with E-state index in [1.165, 1.54) is 24.5 Å². The van der Waals surface area contributed by atoms with Crippen molar-refractivity contribution in [1.29, 1.82) is 0 Å². The molecule has 0 aliphatic heterocycles. The van der Waals surface area contributed by atoms with Crippen LogP contribution in [0.3, 0.4) is 0 Å². The first-order valence-corrected chi connectivity index (χ1v) is 6.85. The molecule has 0 saturated heterocycles. The van der Waals surface area contributed by atoms with Crippen LogP contribution in [-0.2, 0) is 10.4 Å². The number of pyridine rings is 1. The van der Waals surface area contributed by atoms with E-state index in [0.717, 1.165) is 5.56 Å². The van der Waals surface area contributed by atoms with Crippen molar-refractivity contribution < 1.29 is 15.0 Å². The molecule has 1 heterocycles. The van der Waals surface area contributed by atoms with Gasteiger partial charge in [0.15, 0.2) is 0 Å². The molecule has 22 heavy (non-hydrogen) atoms. The molecule has 1 aromatic carbocycles. The molecule has 1 amide bonds. The molecule has 0 radical (unpaired) electrons. The Bertz CT molecular complexity index is 667. The van der Waals surface area contributed by atoms with Crippen molar-refractivity contribution in [3.05, 3.63) is 66.0 Å². The number of aromatic hydroxyl groups is 1.